The number of hydrogen-bond acceptors (Lipinski definition) is 6. The molecule has 1 aromatic heterocycles. The van der Waals surface area contributed by atoms with E-state index < -0.39 is 26.8 Å². The van der Waals surface area contributed by atoms with Gasteiger partial charge in [-0.2, -0.15) is 0 Å². The fraction of sp³-hybridized carbons (Fsp3) is 0.267. The number of sulfone groups is 1. The Morgan fingerprint density at radius 1 is 1.35 bits per heavy atom. The van der Waals surface area contributed by atoms with Crippen LogP contribution >= 0.6 is 11.6 Å². The number of nitrogens with zero attached hydrogens (tertiary/aromatic N) is 2. The zero-order valence-electron chi connectivity index (χ0n) is 13.8. The van der Waals surface area contributed by atoms with Crippen molar-refractivity contribution >= 4 is 33.0 Å². The fourth-order valence-corrected chi connectivity index (χ4v) is 2.73. The number of alkyl halides is 2. The molecule has 0 unspecified atom stereocenters. The molecule has 7 nitrogen and oxygen atoms in total. The third kappa shape index (κ3) is 4.64. The van der Waals surface area contributed by atoms with Crippen molar-refractivity contribution in [2.24, 2.45) is 0 Å². The molecule has 0 aliphatic carbocycles. The minimum Gasteiger partial charge on any atom is -0.298 e. The number of benzene rings is 1. The summed E-state index contributed by atoms with van der Waals surface area (Å²) < 4.78 is 50.3. The maximum Gasteiger partial charge on any atom is 0.289 e. The summed E-state index contributed by atoms with van der Waals surface area (Å²) in [6.45, 7) is 2.16. The number of aromatic nitrogens is 2. The summed E-state index contributed by atoms with van der Waals surface area (Å²) in [5.74, 6) is -4.13. The van der Waals surface area contributed by atoms with Crippen LogP contribution in [-0.2, 0) is 15.8 Å². The second kappa shape index (κ2) is 7.50. The van der Waals surface area contributed by atoms with Crippen molar-refractivity contribution in [1.82, 2.24) is 15.4 Å². The predicted molar refractivity (Wildman–Crippen MR) is 91.9 cm³/mol. The number of carbonyl (C=O) groups is 1. The van der Waals surface area contributed by atoms with Gasteiger partial charge in [0.15, 0.2) is 5.69 Å². The second-order valence-corrected chi connectivity index (χ2v) is 7.88. The maximum atomic E-state index is 13.3. The predicted octanol–water partition coefficient (Wildman–Crippen LogP) is 2.79. The van der Waals surface area contributed by atoms with Crippen LogP contribution in [0.5, 0.6) is 0 Å². The molecule has 2 N–H and O–H groups in total. The first kappa shape index (κ1) is 20.0. The van der Waals surface area contributed by atoms with Crippen LogP contribution in [0.15, 0.2) is 35.6 Å². The lowest BCUT2D eigenvalue weighted by Crippen LogP contribution is -2.31. The van der Waals surface area contributed by atoms with E-state index in [4.69, 9.17) is 11.6 Å². The molecule has 0 saturated heterocycles. The van der Waals surface area contributed by atoms with Gasteiger partial charge in [0.1, 0.15) is 0 Å². The SMILES string of the molecule is CCS(=O)(=O)c1ncc(Cl)c(C(=O)NNc2cccc(C(C)(F)F)c2)n1. The van der Waals surface area contributed by atoms with Gasteiger partial charge in [-0.25, -0.2) is 27.2 Å². The normalized spacial score (nSPS) is 11.9. The summed E-state index contributed by atoms with van der Waals surface area (Å²) in [6, 6.07) is 5.26. The first-order valence-corrected chi connectivity index (χ1v) is 9.37. The standard InChI is InChI=1S/C15H15ClF2N4O3S/c1-3-26(24,25)14-19-8-11(16)12(20-14)13(23)22-21-10-6-4-5-9(7-10)15(2,17)18/h4-8,21H,3H2,1-2H3,(H,22,23). The van der Waals surface area contributed by atoms with Crippen LogP contribution in [0.1, 0.15) is 29.9 Å². The Balaban J connectivity index is 2.20. The van der Waals surface area contributed by atoms with Gasteiger partial charge in [0.2, 0.25) is 15.0 Å². The lowest BCUT2D eigenvalue weighted by molar-refractivity contribution is 0.0175. The van der Waals surface area contributed by atoms with E-state index in [1.54, 1.807) is 0 Å². The van der Waals surface area contributed by atoms with E-state index in [2.05, 4.69) is 20.8 Å². The molecule has 0 bridgehead atoms. The van der Waals surface area contributed by atoms with E-state index in [1.165, 1.54) is 25.1 Å². The monoisotopic (exact) mass is 404 g/mol. The number of amides is 1. The average molecular weight is 405 g/mol. The number of hydrazine groups is 1. The molecule has 1 aromatic carbocycles. The van der Waals surface area contributed by atoms with E-state index in [1.807, 2.05) is 0 Å². The van der Waals surface area contributed by atoms with Crippen molar-refractivity contribution in [2.45, 2.75) is 24.9 Å². The number of nitrogens with one attached hydrogen (secondary N) is 2. The van der Waals surface area contributed by atoms with Crippen molar-refractivity contribution in [3.8, 4) is 0 Å². The summed E-state index contributed by atoms with van der Waals surface area (Å²) in [5.41, 5.74) is 4.27. The molecule has 1 amide bonds. The van der Waals surface area contributed by atoms with Gasteiger partial charge in [-0.05, 0) is 12.1 Å². The molecule has 0 aliphatic heterocycles. The maximum absolute atomic E-state index is 13.3. The summed E-state index contributed by atoms with van der Waals surface area (Å²) in [7, 11) is -3.72. The van der Waals surface area contributed by atoms with Gasteiger partial charge < -0.3 is 0 Å². The zero-order chi connectivity index (χ0) is 19.5. The van der Waals surface area contributed by atoms with Crippen LogP contribution in [0.3, 0.4) is 0 Å². The van der Waals surface area contributed by atoms with Gasteiger partial charge in [-0.3, -0.25) is 15.6 Å². The molecule has 140 valence electrons. The molecule has 2 aromatic rings. The van der Waals surface area contributed by atoms with Crippen LogP contribution in [0.25, 0.3) is 0 Å². The van der Waals surface area contributed by atoms with Crippen molar-refractivity contribution < 1.29 is 22.0 Å². The van der Waals surface area contributed by atoms with Crippen molar-refractivity contribution in [3.63, 3.8) is 0 Å². The average Bonchev–Trinajstić information content (AvgIpc) is 2.59. The number of carbonyl (C=O) groups excluding carboxylic acids is 1. The third-order valence-electron chi connectivity index (χ3n) is 3.29. The molecule has 0 spiro atoms. The largest absolute Gasteiger partial charge is 0.298 e. The summed E-state index contributed by atoms with van der Waals surface area (Å²) in [5, 5.41) is -0.685. The highest BCUT2D eigenvalue weighted by Gasteiger charge is 2.24. The Hall–Kier alpha value is -2.33. The lowest BCUT2D eigenvalue weighted by atomic mass is 10.1. The zero-order valence-corrected chi connectivity index (χ0v) is 15.3. The van der Waals surface area contributed by atoms with Crippen LogP contribution in [-0.4, -0.2) is 30.0 Å². The molecule has 11 heteroatoms. The summed E-state index contributed by atoms with van der Waals surface area (Å²) >= 11 is 5.84. The molecule has 0 saturated carbocycles. The van der Waals surface area contributed by atoms with E-state index >= 15 is 0 Å². The first-order valence-electron chi connectivity index (χ1n) is 7.34. The van der Waals surface area contributed by atoms with Crippen LogP contribution in [0.4, 0.5) is 14.5 Å². The molecular weight excluding hydrogens is 390 g/mol. The van der Waals surface area contributed by atoms with Crippen molar-refractivity contribution in [2.75, 3.05) is 11.2 Å². The van der Waals surface area contributed by atoms with Gasteiger partial charge in [-0.1, -0.05) is 30.7 Å². The van der Waals surface area contributed by atoms with Crippen molar-refractivity contribution in [1.29, 1.82) is 0 Å². The molecule has 0 aliphatic rings. The molecule has 0 fully saturated rings. The van der Waals surface area contributed by atoms with Crippen LogP contribution < -0.4 is 10.9 Å². The van der Waals surface area contributed by atoms with Gasteiger partial charge in [-0.15, -0.1) is 0 Å². The quantitative estimate of drug-likeness (QED) is 0.567. The Bertz CT molecular complexity index is 933. The van der Waals surface area contributed by atoms with E-state index in [9.17, 15) is 22.0 Å². The van der Waals surface area contributed by atoms with Gasteiger partial charge in [0, 0.05) is 12.5 Å². The van der Waals surface area contributed by atoms with E-state index in [-0.39, 0.29) is 27.7 Å². The highest BCUT2D eigenvalue weighted by Crippen LogP contribution is 2.28. The molecule has 2 rings (SSSR count). The molecule has 0 radical (unpaired) electrons. The third-order valence-corrected chi connectivity index (χ3v) is 5.07. The van der Waals surface area contributed by atoms with Gasteiger partial charge in [0.25, 0.3) is 11.8 Å². The van der Waals surface area contributed by atoms with Crippen molar-refractivity contribution in [3.05, 3.63) is 46.7 Å². The topological polar surface area (TPSA) is 101 Å². The smallest absolute Gasteiger partial charge is 0.289 e. The minimum absolute atomic E-state index is 0.159. The summed E-state index contributed by atoms with van der Waals surface area (Å²) in [6.07, 6.45) is 1.00. The van der Waals surface area contributed by atoms with E-state index in [0.717, 1.165) is 19.2 Å². The minimum atomic E-state index is -3.72. The summed E-state index contributed by atoms with van der Waals surface area (Å²) in [4.78, 5) is 19.5. The number of hydrogen-bond donors (Lipinski definition) is 2. The highest BCUT2D eigenvalue weighted by molar-refractivity contribution is 7.91. The molecule has 0 atom stereocenters. The molecule has 1 heterocycles. The number of halogens is 3. The number of rotatable bonds is 6. The van der Waals surface area contributed by atoms with Gasteiger partial charge in [0.05, 0.1) is 22.7 Å². The molecule has 26 heavy (non-hydrogen) atoms. The lowest BCUT2D eigenvalue weighted by Gasteiger charge is -2.13. The Labute approximate surface area is 153 Å². The Morgan fingerprint density at radius 3 is 2.65 bits per heavy atom. The Morgan fingerprint density at radius 2 is 2.04 bits per heavy atom. The fourth-order valence-electron chi connectivity index (χ4n) is 1.85. The van der Waals surface area contributed by atoms with Crippen LogP contribution in [0.2, 0.25) is 5.02 Å². The van der Waals surface area contributed by atoms with Gasteiger partial charge >= 0.3 is 0 Å². The second-order valence-electron chi connectivity index (χ2n) is 5.30. The van der Waals surface area contributed by atoms with E-state index in [0.29, 0.717) is 0 Å². The Kier molecular flexibility index (Phi) is 5.77. The highest BCUT2D eigenvalue weighted by atomic mass is 35.5. The first-order chi connectivity index (χ1) is 12.0. The number of anilines is 1. The van der Waals surface area contributed by atoms with Crippen LogP contribution in [0, 0.1) is 0 Å². The molecular formula is C15H15ClF2N4O3S.